The molecule has 2 amide bonds. The summed E-state index contributed by atoms with van der Waals surface area (Å²) in [7, 11) is 1.41. The zero-order chi connectivity index (χ0) is 30.1. The topological polar surface area (TPSA) is 76.7 Å². The molecule has 2 N–H and O–H groups in total. The average molecular weight is 575 g/mol. The Morgan fingerprint density at radius 3 is 1.90 bits per heavy atom. The van der Waals surface area contributed by atoms with E-state index in [2.05, 4.69) is 10.6 Å². The molecule has 40 heavy (non-hydrogen) atoms. The first-order valence-electron chi connectivity index (χ1n) is 12.5. The van der Waals surface area contributed by atoms with Crippen LogP contribution in [-0.4, -0.2) is 36.8 Å². The molecule has 1 fully saturated rings. The van der Waals surface area contributed by atoms with E-state index < -0.39 is 58.1 Å². The second-order valence-corrected chi connectivity index (χ2v) is 11.1. The van der Waals surface area contributed by atoms with Crippen molar-refractivity contribution in [1.82, 2.24) is 10.6 Å². The second kappa shape index (κ2) is 10.9. The Kier molecular flexibility index (Phi) is 8.55. The third kappa shape index (κ3) is 7.07. The minimum Gasteiger partial charge on any atom is -0.444 e. The lowest BCUT2D eigenvalue weighted by Crippen LogP contribution is -2.71. The van der Waals surface area contributed by atoms with E-state index >= 15 is 0 Å². The lowest BCUT2D eigenvalue weighted by molar-refractivity contribution is -0.143. The molecule has 0 bridgehead atoms. The summed E-state index contributed by atoms with van der Waals surface area (Å²) in [4.78, 5) is 25.5. The number of nitrogens with one attached hydrogen (secondary N) is 2. The lowest BCUT2D eigenvalue weighted by Gasteiger charge is -2.55. The molecule has 0 aliphatic heterocycles. The Morgan fingerprint density at radius 1 is 0.925 bits per heavy atom. The maximum absolute atomic E-state index is 13.4. The van der Waals surface area contributed by atoms with E-state index in [0.717, 1.165) is 5.56 Å². The number of carbonyl (C=O) groups is 2. The number of halogens is 6. The smallest absolute Gasteiger partial charge is 0.416 e. The summed E-state index contributed by atoms with van der Waals surface area (Å²) in [6.07, 6.45) is -11.9. The van der Waals surface area contributed by atoms with Gasteiger partial charge in [-0.05, 0) is 69.9 Å². The molecule has 0 spiro atoms. The maximum Gasteiger partial charge on any atom is 0.416 e. The number of likely N-dealkylation sites (N-methyl/N-ethyl adjacent to an activating group) is 1. The quantitative estimate of drug-likeness (QED) is 0.368. The van der Waals surface area contributed by atoms with Crippen LogP contribution in [0.25, 0.3) is 0 Å². The highest BCUT2D eigenvalue weighted by Crippen LogP contribution is 2.51. The third-order valence-electron chi connectivity index (χ3n) is 6.76. The van der Waals surface area contributed by atoms with Crippen molar-refractivity contribution in [2.45, 2.75) is 75.5 Å². The van der Waals surface area contributed by atoms with Gasteiger partial charge >= 0.3 is 18.4 Å². The number of alkyl halides is 6. The van der Waals surface area contributed by atoms with Crippen molar-refractivity contribution in [3.05, 3.63) is 70.8 Å². The van der Waals surface area contributed by atoms with Crippen molar-refractivity contribution >= 4 is 12.0 Å². The Balaban J connectivity index is 1.91. The van der Waals surface area contributed by atoms with Crippen molar-refractivity contribution in [3.8, 4) is 0 Å². The molecule has 1 aliphatic carbocycles. The third-order valence-corrected chi connectivity index (χ3v) is 6.76. The average Bonchev–Trinajstić information content (AvgIpc) is 2.82. The van der Waals surface area contributed by atoms with Crippen LogP contribution in [0.15, 0.2) is 48.5 Å². The van der Waals surface area contributed by atoms with Crippen molar-refractivity contribution in [2.24, 2.45) is 0 Å². The van der Waals surface area contributed by atoms with E-state index in [1.807, 2.05) is 0 Å². The standard InChI is InChI=1S/C28H32F6N2O4/c1-17(18-11-20(27(29,30)31)13-21(12-18)28(32,33)34)39-16-25(19-9-7-6-8-10-19)14-26(15-25,22(37)35-5)36-23(38)40-24(2,3)4/h6-13,17H,14-16H2,1-5H3,(H,35,37)(H,36,38). The highest BCUT2D eigenvalue weighted by Gasteiger charge is 2.60. The molecule has 1 saturated carbocycles. The van der Waals surface area contributed by atoms with Crippen molar-refractivity contribution in [1.29, 1.82) is 0 Å². The Bertz CT molecular complexity index is 1180. The van der Waals surface area contributed by atoms with E-state index in [1.54, 1.807) is 51.1 Å². The van der Waals surface area contributed by atoms with Crippen LogP contribution >= 0.6 is 0 Å². The van der Waals surface area contributed by atoms with Crippen molar-refractivity contribution in [3.63, 3.8) is 0 Å². The molecule has 0 radical (unpaired) electrons. The van der Waals surface area contributed by atoms with Crippen LogP contribution in [-0.2, 0) is 32.0 Å². The van der Waals surface area contributed by atoms with Crippen molar-refractivity contribution < 1.29 is 45.4 Å². The van der Waals surface area contributed by atoms with Gasteiger partial charge in [0.2, 0.25) is 5.91 Å². The first-order chi connectivity index (χ1) is 18.3. The van der Waals surface area contributed by atoms with E-state index in [1.165, 1.54) is 14.0 Å². The van der Waals surface area contributed by atoms with Crippen LogP contribution in [0.4, 0.5) is 31.1 Å². The van der Waals surface area contributed by atoms with Gasteiger partial charge in [-0.3, -0.25) is 4.79 Å². The van der Waals surface area contributed by atoms with E-state index in [9.17, 15) is 35.9 Å². The Morgan fingerprint density at radius 2 is 1.45 bits per heavy atom. The van der Waals surface area contributed by atoms with Crippen LogP contribution in [0.1, 0.15) is 68.9 Å². The number of hydrogen-bond donors (Lipinski definition) is 2. The Hall–Kier alpha value is -3.28. The Labute approximate surface area is 228 Å². The molecule has 0 aromatic heterocycles. The molecule has 2 aromatic carbocycles. The van der Waals surface area contributed by atoms with E-state index in [-0.39, 0.29) is 31.1 Å². The van der Waals surface area contributed by atoms with Crippen LogP contribution in [0.5, 0.6) is 0 Å². The zero-order valence-corrected chi connectivity index (χ0v) is 22.7. The van der Waals surface area contributed by atoms with E-state index in [4.69, 9.17) is 9.47 Å². The summed E-state index contributed by atoms with van der Waals surface area (Å²) in [5.41, 5.74) is -5.52. The number of alkyl carbamates (subject to hydrolysis) is 1. The molecule has 6 nitrogen and oxygen atoms in total. The van der Waals surface area contributed by atoms with Gasteiger partial charge in [0.05, 0.1) is 23.8 Å². The van der Waals surface area contributed by atoms with Crippen LogP contribution < -0.4 is 10.6 Å². The summed E-state index contributed by atoms with van der Waals surface area (Å²) in [5, 5.41) is 5.18. The maximum atomic E-state index is 13.4. The normalized spacial score (nSPS) is 22.2. The van der Waals surface area contributed by atoms with E-state index in [0.29, 0.717) is 12.1 Å². The SMILES string of the molecule is CNC(=O)C1(NC(=O)OC(C)(C)C)CC(COC(C)c2cc(C(F)(F)F)cc(C(F)(F)F)c2)(c2ccccc2)C1. The molecule has 1 atom stereocenters. The fraction of sp³-hybridized carbons (Fsp3) is 0.500. The predicted octanol–water partition coefficient (Wildman–Crippen LogP) is 6.54. The van der Waals surface area contributed by atoms with Crippen LogP contribution in [0.2, 0.25) is 0 Å². The zero-order valence-electron chi connectivity index (χ0n) is 22.7. The highest BCUT2D eigenvalue weighted by molar-refractivity contribution is 5.91. The molecular weight excluding hydrogens is 542 g/mol. The summed E-state index contributed by atoms with van der Waals surface area (Å²) < 4.78 is 91.5. The molecule has 2 aromatic rings. The van der Waals surface area contributed by atoms with Gasteiger partial charge in [0.15, 0.2) is 0 Å². The van der Waals surface area contributed by atoms with Gasteiger partial charge in [0, 0.05) is 12.5 Å². The van der Waals surface area contributed by atoms with Gasteiger partial charge in [-0.15, -0.1) is 0 Å². The molecule has 0 heterocycles. The summed E-state index contributed by atoms with van der Waals surface area (Å²) in [5.74, 6) is -0.481. The molecule has 1 aliphatic rings. The molecule has 1 unspecified atom stereocenters. The van der Waals surface area contributed by atoms with Gasteiger partial charge in [-0.1, -0.05) is 30.3 Å². The molecule has 220 valence electrons. The summed E-state index contributed by atoms with van der Waals surface area (Å²) in [6, 6.07) is 10.2. The van der Waals surface area contributed by atoms with Crippen LogP contribution in [0.3, 0.4) is 0 Å². The summed E-state index contributed by atoms with van der Waals surface area (Å²) >= 11 is 0. The largest absolute Gasteiger partial charge is 0.444 e. The van der Waals surface area contributed by atoms with Gasteiger partial charge in [-0.25, -0.2) is 4.79 Å². The second-order valence-electron chi connectivity index (χ2n) is 11.1. The molecule has 3 rings (SSSR count). The number of amides is 2. The first kappa shape index (κ1) is 31.3. The fourth-order valence-corrected chi connectivity index (χ4v) is 4.92. The number of ether oxygens (including phenoxy) is 2. The number of benzene rings is 2. The fourth-order valence-electron chi connectivity index (χ4n) is 4.92. The minimum absolute atomic E-state index is 0.0477. The monoisotopic (exact) mass is 574 g/mol. The van der Waals surface area contributed by atoms with Gasteiger partial charge in [0.1, 0.15) is 11.1 Å². The number of rotatable bonds is 7. The molecular formula is C28H32F6N2O4. The first-order valence-corrected chi connectivity index (χ1v) is 12.5. The molecule has 0 saturated heterocycles. The van der Waals surface area contributed by atoms with Crippen molar-refractivity contribution in [2.75, 3.05) is 13.7 Å². The molecule has 12 heteroatoms. The lowest BCUT2D eigenvalue weighted by atomic mass is 9.54. The predicted molar refractivity (Wildman–Crippen MR) is 134 cm³/mol. The number of hydrogen-bond acceptors (Lipinski definition) is 4. The van der Waals surface area contributed by atoms with Gasteiger partial charge in [0.25, 0.3) is 0 Å². The highest BCUT2D eigenvalue weighted by atomic mass is 19.4. The minimum atomic E-state index is -4.99. The van der Waals surface area contributed by atoms with Gasteiger partial charge in [-0.2, -0.15) is 26.3 Å². The van der Waals surface area contributed by atoms with Gasteiger partial charge < -0.3 is 20.1 Å². The van der Waals surface area contributed by atoms with Crippen LogP contribution in [0, 0.1) is 0 Å². The number of carbonyl (C=O) groups excluding carboxylic acids is 2. The summed E-state index contributed by atoms with van der Waals surface area (Å²) in [6.45, 7) is 6.21.